The van der Waals surface area contributed by atoms with E-state index in [1.54, 1.807) is 6.33 Å². The fourth-order valence-corrected chi connectivity index (χ4v) is 2.50. The van der Waals surface area contributed by atoms with Gasteiger partial charge in [0.2, 0.25) is 0 Å². The Kier molecular flexibility index (Phi) is 8.79. The lowest BCUT2D eigenvalue weighted by atomic mass is 10.0. The fraction of sp³-hybridized carbons (Fsp3) is 0.765. The van der Waals surface area contributed by atoms with Crippen LogP contribution in [0.2, 0.25) is 0 Å². The molecular formula is C17H32N4. The van der Waals surface area contributed by atoms with E-state index in [4.69, 9.17) is 0 Å². The Hall–Kier alpha value is -1.32. The first-order valence-electron chi connectivity index (χ1n) is 8.44. The predicted molar refractivity (Wildman–Crippen MR) is 92.0 cm³/mol. The van der Waals surface area contributed by atoms with Gasteiger partial charge in [-0.05, 0) is 18.8 Å². The fourth-order valence-electron chi connectivity index (χ4n) is 2.50. The summed E-state index contributed by atoms with van der Waals surface area (Å²) in [5.41, 5.74) is 1.21. The van der Waals surface area contributed by atoms with E-state index in [-0.39, 0.29) is 0 Å². The molecule has 0 aliphatic rings. The molecular weight excluding hydrogens is 260 g/mol. The highest BCUT2D eigenvalue weighted by molar-refractivity contribution is 5.57. The zero-order valence-corrected chi connectivity index (χ0v) is 14.2. The summed E-state index contributed by atoms with van der Waals surface area (Å²) in [5.74, 6) is 2.78. The molecule has 1 aromatic rings. The van der Waals surface area contributed by atoms with E-state index in [2.05, 4.69) is 41.4 Å². The van der Waals surface area contributed by atoms with Gasteiger partial charge in [0.05, 0.1) is 0 Å². The largest absolute Gasteiger partial charge is 0.373 e. The maximum Gasteiger partial charge on any atom is 0.134 e. The molecule has 0 amide bonds. The molecule has 0 unspecified atom stereocenters. The number of anilines is 2. The molecule has 0 bridgehead atoms. The smallest absolute Gasteiger partial charge is 0.134 e. The van der Waals surface area contributed by atoms with E-state index in [1.165, 1.54) is 37.7 Å². The lowest BCUT2D eigenvalue weighted by molar-refractivity contribution is 0.523. The average Bonchev–Trinajstić information content (AvgIpc) is 2.47. The molecule has 0 saturated carbocycles. The number of hydrogen-bond acceptors (Lipinski definition) is 4. The van der Waals surface area contributed by atoms with Crippen molar-refractivity contribution in [2.45, 2.75) is 65.7 Å². The molecule has 0 atom stereocenters. The van der Waals surface area contributed by atoms with E-state index in [9.17, 15) is 0 Å². The third-order valence-electron chi connectivity index (χ3n) is 3.68. The van der Waals surface area contributed by atoms with Gasteiger partial charge in [-0.15, -0.1) is 0 Å². The molecule has 120 valence electrons. The molecule has 1 rings (SSSR count). The van der Waals surface area contributed by atoms with Crippen LogP contribution in [-0.4, -0.2) is 23.6 Å². The summed E-state index contributed by atoms with van der Waals surface area (Å²) in [6, 6.07) is 0. The second-order valence-corrected chi connectivity index (χ2v) is 6.07. The van der Waals surface area contributed by atoms with Crippen LogP contribution in [0, 0.1) is 5.92 Å². The normalized spacial score (nSPS) is 10.9. The van der Waals surface area contributed by atoms with Crippen molar-refractivity contribution in [3.63, 3.8) is 0 Å². The summed E-state index contributed by atoms with van der Waals surface area (Å²) in [4.78, 5) is 8.70. The van der Waals surface area contributed by atoms with Gasteiger partial charge in [-0.3, -0.25) is 0 Å². The zero-order valence-electron chi connectivity index (χ0n) is 14.2. The summed E-state index contributed by atoms with van der Waals surface area (Å²) in [6.45, 7) is 7.78. The minimum Gasteiger partial charge on any atom is -0.373 e. The second kappa shape index (κ2) is 10.4. The van der Waals surface area contributed by atoms with E-state index >= 15 is 0 Å². The first-order chi connectivity index (χ1) is 10.2. The average molecular weight is 292 g/mol. The summed E-state index contributed by atoms with van der Waals surface area (Å²) in [7, 11) is 1.92. The predicted octanol–water partition coefficient (Wildman–Crippen LogP) is 4.49. The molecule has 1 aromatic heterocycles. The number of aromatic nitrogens is 2. The first kappa shape index (κ1) is 17.7. The Labute approximate surface area is 130 Å². The van der Waals surface area contributed by atoms with Crippen molar-refractivity contribution in [2.75, 3.05) is 24.2 Å². The second-order valence-electron chi connectivity index (χ2n) is 6.07. The monoisotopic (exact) mass is 292 g/mol. The molecule has 4 nitrogen and oxygen atoms in total. The minimum atomic E-state index is 0.834. The van der Waals surface area contributed by atoms with Gasteiger partial charge in [-0.2, -0.15) is 0 Å². The molecule has 1 heterocycles. The van der Waals surface area contributed by atoms with Crippen LogP contribution >= 0.6 is 0 Å². The van der Waals surface area contributed by atoms with Crippen LogP contribution in [0.1, 0.15) is 64.9 Å². The Morgan fingerprint density at radius 1 is 1.05 bits per heavy atom. The van der Waals surface area contributed by atoms with E-state index < -0.39 is 0 Å². The highest BCUT2D eigenvalue weighted by atomic mass is 15.1. The molecule has 0 saturated heterocycles. The number of nitrogens with zero attached hydrogens (tertiary/aromatic N) is 2. The molecule has 0 radical (unpaired) electrons. The molecule has 4 heteroatoms. The third kappa shape index (κ3) is 6.78. The summed E-state index contributed by atoms with van der Waals surface area (Å²) in [6.07, 6.45) is 10.3. The standard InChI is InChI=1S/C17H32N4/c1-5-10-15-16(18-4)20-13-21-17(15)19-12-9-7-6-8-11-14(2)3/h13-14H,5-12H2,1-4H3,(H2,18,19,20,21). The Morgan fingerprint density at radius 3 is 2.43 bits per heavy atom. The van der Waals surface area contributed by atoms with E-state index in [1.807, 2.05) is 7.05 Å². The Morgan fingerprint density at radius 2 is 1.76 bits per heavy atom. The van der Waals surface area contributed by atoms with Crippen LogP contribution < -0.4 is 10.6 Å². The van der Waals surface area contributed by atoms with Crippen molar-refractivity contribution in [2.24, 2.45) is 5.92 Å². The van der Waals surface area contributed by atoms with Gasteiger partial charge >= 0.3 is 0 Å². The van der Waals surface area contributed by atoms with Crippen LogP contribution in [0.15, 0.2) is 6.33 Å². The number of unbranched alkanes of at least 4 members (excludes halogenated alkanes) is 3. The van der Waals surface area contributed by atoms with Gasteiger partial charge in [-0.1, -0.05) is 52.9 Å². The van der Waals surface area contributed by atoms with Gasteiger partial charge in [-0.25, -0.2) is 9.97 Å². The molecule has 0 spiro atoms. The summed E-state index contributed by atoms with van der Waals surface area (Å²) < 4.78 is 0. The van der Waals surface area contributed by atoms with Crippen molar-refractivity contribution in [3.8, 4) is 0 Å². The Balaban J connectivity index is 2.34. The third-order valence-corrected chi connectivity index (χ3v) is 3.68. The van der Waals surface area contributed by atoms with E-state index in [0.29, 0.717) is 0 Å². The SMILES string of the molecule is CCCc1c(NC)ncnc1NCCCCCCC(C)C. The lowest BCUT2D eigenvalue weighted by Crippen LogP contribution is -2.09. The van der Waals surface area contributed by atoms with Crippen LogP contribution in [-0.2, 0) is 6.42 Å². The molecule has 21 heavy (non-hydrogen) atoms. The molecule has 0 aromatic carbocycles. The molecule has 0 fully saturated rings. The minimum absolute atomic E-state index is 0.834. The first-order valence-corrected chi connectivity index (χ1v) is 8.44. The van der Waals surface area contributed by atoms with Crippen LogP contribution in [0.3, 0.4) is 0 Å². The number of rotatable bonds is 11. The number of nitrogens with one attached hydrogen (secondary N) is 2. The van der Waals surface area contributed by atoms with Crippen molar-refractivity contribution in [1.82, 2.24) is 9.97 Å². The van der Waals surface area contributed by atoms with Crippen LogP contribution in [0.4, 0.5) is 11.6 Å². The maximum atomic E-state index is 4.40. The lowest BCUT2D eigenvalue weighted by Gasteiger charge is -2.13. The van der Waals surface area contributed by atoms with Gasteiger partial charge in [0.1, 0.15) is 18.0 Å². The Bertz CT molecular complexity index is 390. The zero-order chi connectivity index (χ0) is 15.5. The highest BCUT2D eigenvalue weighted by Crippen LogP contribution is 2.21. The highest BCUT2D eigenvalue weighted by Gasteiger charge is 2.08. The van der Waals surface area contributed by atoms with Crippen molar-refractivity contribution in [3.05, 3.63) is 11.9 Å². The molecule has 0 aliphatic heterocycles. The van der Waals surface area contributed by atoms with Gasteiger partial charge in [0, 0.05) is 19.2 Å². The van der Waals surface area contributed by atoms with E-state index in [0.717, 1.165) is 36.9 Å². The maximum absolute atomic E-state index is 4.40. The topological polar surface area (TPSA) is 49.8 Å². The van der Waals surface area contributed by atoms with Crippen molar-refractivity contribution in [1.29, 1.82) is 0 Å². The van der Waals surface area contributed by atoms with Crippen molar-refractivity contribution >= 4 is 11.6 Å². The molecule has 2 N–H and O–H groups in total. The number of hydrogen-bond donors (Lipinski definition) is 2. The van der Waals surface area contributed by atoms with Gasteiger partial charge < -0.3 is 10.6 Å². The van der Waals surface area contributed by atoms with Crippen LogP contribution in [0.25, 0.3) is 0 Å². The quantitative estimate of drug-likeness (QED) is 0.590. The van der Waals surface area contributed by atoms with Crippen LogP contribution in [0.5, 0.6) is 0 Å². The van der Waals surface area contributed by atoms with Crippen molar-refractivity contribution < 1.29 is 0 Å². The summed E-state index contributed by atoms with van der Waals surface area (Å²) in [5, 5.41) is 6.64. The van der Waals surface area contributed by atoms with Gasteiger partial charge in [0.25, 0.3) is 0 Å². The summed E-state index contributed by atoms with van der Waals surface area (Å²) >= 11 is 0. The molecule has 0 aliphatic carbocycles. The van der Waals surface area contributed by atoms with Gasteiger partial charge in [0.15, 0.2) is 0 Å².